The lowest BCUT2D eigenvalue weighted by Crippen LogP contribution is -2.38. The van der Waals surface area contributed by atoms with Crippen LogP contribution < -0.4 is 4.80 Å². The van der Waals surface area contributed by atoms with Crippen LogP contribution in [0.5, 0.6) is 0 Å². The third-order valence-electron chi connectivity index (χ3n) is 5.88. The summed E-state index contributed by atoms with van der Waals surface area (Å²) in [5, 5.41) is 2.24. The van der Waals surface area contributed by atoms with Gasteiger partial charge in [0.1, 0.15) is 4.90 Å². The van der Waals surface area contributed by atoms with Crippen LogP contribution in [0.4, 0.5) is 5.69 Å². The first-order valence-corrected chi connectivity index (χ1v) is 13.1. The summed E-state index contributed by atoms with van der Waals surface area (Å²) in [7, 11) is -0.0709. The van der Waals surface area contributed by atoms with Crippen molar-refractivity contribution in [1.29, 1.82) is 0 Å². The van der Waals surface area contributed by atoms with Crippen LogP contribution in [0.2, 0.25) is 5.02 Å². The molecule has 0 amide bonds. The molecule has 5 nitrogen and oxygen atoms in total. The van der Waals surface area contributed by atoms with Crippen LogP contribution >= 0.6 is 22.9 Å². The summed E-state index contributed by atoms with van der Waals surface area (Å²) in [5.74, 6) is 0. The number of hydrogen-bond donors (Lipinski definition) is 0. The molecule has 0 bridgehead atoms. The molecule has 0 spiro atoms. The Morgan fingerprint density at radius 2 is 1.81 bits per heavy atom. The Balaban J connectivity index is 1.71. The van der Waals surface area contributed by atoms with E-state index in [0.717, 1.165) is 47.4 Å². The van der Waals surface area contributed by atoms with Gasteiger partial charge in [0.05, 0.1) is 16.4 Å². The molecule has 164 valence electrons. The average Bonchev–Trinajstić information content (AvgIpc) is 3.14. The van der Waals surface area contributed by atoms with Crippen molar-refractivity contribution in [3.63, 3.8) is 0 Å². The first kappa shape index (κ1) is 22.3. The Labute approximate surface area is 192 Å². The Morgan fingerprint density at radius 1 is 1.10 bits per heavy atom. The molecule has 4 rings (SSSR count). The predicted molar refractivity (Wildman–Crippen MR) is 127 cm³/mol. The minimum Gasteiger partial charge on any atom is -0.320 e. The molecular weight excluding hydrogens is 450 g/mol. The minimum atomic E-state index is -3.68. The van der Waals surface area contributed by atoms with Gasteiger partial charge in [-0.2, -0.15) is 4.31 Å². The summed E-state index contributed by atoms with van der Waals surface area (Å²) < 4.78 is 30.3. The number of sulfonamides is 1. The molecule has 1 heterocycles. The van der Waals surface area contributed by atoms with Gasteiger partial charge in [0.15, 0.2) is 4.80 Å². The summed E-state index contributed by atoms with van der Waals surface area (Å²) in [6.07, 6.45) is 5.10. The molecule has 0 N–H and O–H groups in total. The van der Waals surface area contributed by atoms with Crippen molar-refractivity contribution < 1.29 is 8.42 Å². The molecule has 0 radical (unpaired) electrons. The average molecular weight is 476 g/mol. The van der Waals surface area contributed by atoms with E-state index in [2.05, 4.69) is 0 Å². The van der Waals surface area contributed by atoms with E-state index in [-0.39, 0.29) is 16.0 Å². The quantitative estimate of drug-likeness (QED) is 0.482. The number of rotatable bonds is 5. The third-order valence-corrected chi connectivity index (χ3v) is 9.19. The molecule has 1 saturated carbocycles. The van der Waals surface area contributed by atoms with E-state index in [4.69, 9.17) is 16.6 Å². The third kappa shape index (κ3) is 4.65. The molecule has 0 atom stereocenters. The smallest absolute Gasteiger partial charge is 0.244 e. The highest BCUT2D eigenvalue weighted by Crippen LogP contribution is 2.33. The van der Waals surface area contributed by atoms with Crippen molar-refractivity contribution in [3.8, 4) is 11.3 Å². The molecule has 0 saturated heterocycles. The molecule has 1 aromatic heterocycles. The van der Waals surface area contributed by atoms with Crippen LogP contribution in [0.25, 0.3) is 11.3 Å². The van der Waals surface area contributed by atoms with Crippen molar-refractivity contribution in [1.82, 2.24) is 8.87 Å². The van der Waals surface area contributed by atoms with Gasteiger partial charge >= 0.3 is 0 Å². The van der Waals surface area contributed by atoms with Crippen molar-refractivity contribution in [3.05, 3.63) is 63.7 Å². The molecular formula is C23H26ClN3O2S2. The van der Waals surface area contributed by atoms with Crippen LogP contribution in [0.3, 0.4) is 0 Å². The van der Waals surface area contributed by atoms with E-state index in [1.807, 2.05) is 53.4 Å². The summed E-state index contributed by atoms with van der Waals surface area (Å²) in [6.45, 7) is 0. The normalized spacial score (nSPS) is 16.2. The number of hydrogen-bond acceptors (Lipinski definition) is 4. The second kappa shape index (κ2) is 9.28. The van der Waals surface area contributed by atoms with Gasteiger partial charge in [-0.3, -0.25) is 0 Å². The number of aromatic nitrogens is 1. The van der Waals surface area contributed by atoms with Crippen molar-refractivity contribution in [2.75, 3.05) is 7.05 Å². The van der Waals surface area contributed by atoms with Crippen molar-refractivity contribution in [2.45, 2.75) is 43.0 Å². The zero-order chi connectivity index (χ0) is 22.0. The summed E-state index contributed by atoms with van der Waals surface area (Å²) in [6, 6.07) is 15.0. The van der Waals surface area contributed by atoms with Gasteiger partial charge in [0.2, 0.25) is 10.0 Å². The lowest BCUT2D eigenvalue weighted by molar-refractivity contribution is 0.286. The van der Waals surface area contributed by atoms with Gasteiger partial charge in [0.25, 0.3) is 0 Å². The van der Waals surface area contributed by atoms with Crippen molar-refractivity contribution in [2.24, 2.45) is 12.0 Å². The minimum absolute atomic E-state index is 0.0343. The van der Waals surface area contributed by atoms with Crippen LogP contribution in [-0.4, -0.2) is 30.4 Å². The maximum absolute atomic E-state index is 13.4. The molecule has 31 heavy (non-hydrogen) atoms. The largest absolute Gasteiger partial charge is 0.320 e. The first-order chi connectivity index (χ1) is 14.9. The highest BCUT2D eigenvalue weighted by atomic mass is 35.5. The molecule has 1 aliphatic carbocycles. The highest BCUT2D eigenvalue weighted by Gasteiger charge is 2.31. The molecule has 3 aromatic rings. The first-order valence-electron chi connectivity index (χ1n) is 10.4. The van der Waals surface area contributed by atoms with Crippen LogP contribution in [0.15, 0.2) is 63.8 Å². The second-order valence-electron chi connectivity index (χ2n) is 7.87. The van der Waals surface area contributed by atoms with Gasteiger partial charge in [-0.1, -0.05) is 55.1 Å². The molecule has 0 unspecified atom stereocenters. The standard InChI is InChI=1S/C23H26ClN3O2S2/c1-26-21(16-30-23(26)25-18-9-5-3-6-10-18)17-13-14-20(24)22(15-17)31(28,29)27(2)19-11-7-4-8-12-19/h3,5-6,9-10,13-16,19H,4,7-8,11-12H2,1-2H3. The van der Waals surface area contributed by atoms with Gasteiger partial charge in [0, 0.05) is 31.1 Å². The summed E-state index contributed by atoms with van der Waals surface area (Å²) >= 11 is 7.89. The number of thiazole rings is 1. The molecule has 2 aromatic carbocycles. The van der Waals surface area contributed by atoms with Crippen LogP contribution in [0.1, 0.15) is 32.1 Å². The Bertz CT molecular complexity index is 1230. The Hall–Kier alpha value is -1.93. The van der Waals surface area contributed by atoms with Gasteiger partial charge in [-0.25, -0.2) is 13.4 Å². The SMILES string of the molecule is CN(C1CCCCC1)S(=O)(=O)c1cc(-c2csc(=Nc3ccccc3)n2C)ccc1Cl. The zero-order valence-electron chi connectivity index (χ0n) is 17.7. The summed E-state index contributed by atoms with van der Waals surface area (Å²) in [4.78, 5) is 5.69. The molecule has 1 aliphatic rings. The van der Waals surface area contributed by atoms with Gasteiger partial charge in [-0.05, 0) is 37.1 Å². The number of halogens is 1. The van der Waals surface area contributed by atoms with E-state index < -0.39 is 10.0 Å². The Morgan fingerprint density at radius 3 is 2.52 bits per heavy atom. The fraction of sp³-hybridized carbons (Fsp3) is 0.348. The fourth-order valence-electron chi connectivity index (χ4n) is 4.00. The summed E-state index contributed by atoms with van der Waals surface area (Å²) in [5.41, 5.74) is 2.57. The highest BCUT2D eigenvalue weighted by molar-refractivity contribution is 7.89. The predicted octanol–water partition coefficient (Wildman–Crippen LogP) is 5.59. The van der Waals surface area contributed by atoms with E-state index in [0.29, 0.717) is 0 Å². The topological polar surface area (TPSA) is 54.7 Å². The lowest BCUT2D eigenvalue weighted by Gasteiger charge is -2.30. The lowest BCUT2D eigenvalue weighted by atomic mass is 9.96. The Kier molecular flexibility index (Phi) is 6.67. The van der Waals surface area contributed by atoms with E-state index >= 15 is 0 Å². The number of para-hydroxylation sites is 1. The molecule has 8 heteroatoms. The number of nitrogens with zero attached hydrogens (tertiary/aromatic N) is 3. The second-order valence-corrected chi connectivity index (χ2v) is 11.1. The van der Waals surface area contributed by atoms with E-state index in [1.165, 1.54) is 22.1 Å². The maximum atomic E-state index is 13.4. The maximum Gasteiger partial charge on any atom is 0.244 e. The fourth-order valence-corrected chi connectivity index (χ4v) is 6.84. The monoisotopic (exact) mass is 475 g/mol. The van der Waals surface area contributed by atoms with E-state index in [1.54, 1.807) is 19.2 Å². The van der Waals surface area contributed by atoms with Crippen LogP contribution in [-0.2, 0) is 17.1 Å². The number of benzene rings is 2. The zero-order valence-corrected chi connectivity index (χ0v) is 20.1. The molecule has 1 fully saturated rings. The van der Waals surface area contributed by atoms with Gasteiger partial charge < -0.3 is 4.57 Å². The molecule has 0 aliphatic heterocycles. The van der Waals surface area contributed by atoms with Crippen LogP contribution in [0, 0.1) is 0 Å². The van der Waals surface area contributed by atoms with E-state index in [9.17, 15) is 8.42 Å². The van der Waals surface area contributed by atoms with Crippen molar-refractivity contribution >= 4 is 38.6 Å². The van der Waals surface area contributed by atoms with Gasteiger partial charge in [-0.15, -0.1) is 11.3 Å².